The monoisotopic (exact) mass is 206 g/mol. The highest BCUT2D eigenvalue weighted by atomic mass is 28.2. The van der Waals surface area contributed by atoms with Gasteiger partial charge >= 0.3 is 0 Å². The molecule has 5 heteroatoms. The molecule has 0 aromatic carbocycles. The Labute approximate surface area is 82.8 Å². The zero-order valence-electron chi connectivity index (χ0n) is 8.66. The molecule has 1 atom stereocenters. The Kier molecular flexibility index (Phi) is 8.68. The average Bonchev–Trinajstić information content (AvgIpc) is 2.17. The molecule has 4 N–H and O–H groups in total. The fourth-order valence-corrected chi connectivity index (χ4v) is 3.06. The summed E-state index contributed by atoms with van der Waals surface area (Å²) in [7, 11) is 3.03. The molecule has 0 radical (unpaired) electrons. The van der Waals surface area contributed by atoms with Gasteiger partial charge in [-0.1, -0.05) is 6.04 Å². The van der Waals surface area contributed by atoms with E-state index in [1.54, 1.807) is 14.2 Å². The van der Waals surface area contributed by atoms with E-state index in [0.29, 0.717) is 5.92 Å². The van der Waals surface area contributed by atoms with Gasteiger partial charge in [0.25, 0.3) is 0 Å². The first-order chi connectivity index (χ1) is 6.28. The van der Waals surface area contributed by atoms with E-state index in [4.69, 9.17) is 20.9 Å². The molecule has 4 nitrogen and oxygen atoms in total. The topological polar surface area (TPSA) is 70.5 Å². The van der Waals surface area contributed by atoms with E-state index in [0.717, 1.165) is 25.6 Å². The second-order valence-corrected chi connectivity index (χ2v) is 4.98. The Morgan fingerprint density at radius 1 is 1.23 bits per heavy atom. The van der Waals surface area contributed by atoms with Gasteiger partial charge in [0, 0.05) is 14.2 Å². The van der Waals surface area contributed by atoms with Crippen LogP contribution >= 0.6 is 0 Å². The van der Waals surface area contributed by atoms with Crippen molar-refractivity contribution >= 4 is 9.52 Å². The van der Waals surface area contributed by atoms with Gasteiger partial charge in [-0.2, -0.15) is 0 Å². The number of methoxy groups -OCH3 is 2. The molecule has 0 aromatic rings. The zero-order chi connectivity index (χ0) is 10.1. The number of hydrogen-bond acceptors (Lipinski definition) is 4. The minimum atomic E-state index is -0.333. The molecule has 0 spiro atoms. The highest BCUT2D eigenvalue weighted by molar-refractivity contribution is 6.36. The Morgan fingerprint density at radius 3 is 2.23 bits per heavy atom. The number of rotatable bonds is 8. The maximum Gasteiger partial charge on any atom is 0.134 e. The van der Waals surface area contributed by atoms with Crippen LogP contribution in [0.4, 0.5) is 0 Å². The first-order valence-corrected chi connectivity index (χ1v) is 6.55. The first-order valence-electron chi connectivity index (χ1n) is 4.74. The van der Waals surface area contributed by atoms with Crippen LogP contribution in [0, 0.1) is 5.92 Å². The lowest BCUT2D eigenvalue weighted by atomic mass is 10.1. The van der Waals surface area contributed by atoms with E-state index >= 15 is 0 Å². The standard InChI is InChI=1S/C8H22N2O2Si/c1-11-8(12-2)13-6-7(5-10)3-4-9/h7-8H,3-6,9-10,13H2,1-2H3. The molecule has 0 saturated carbocycles. The third kappa shape index (κ3) is 6.17. The van der Waals surface area contributed by atoms with Crippen molar-refractivity contribution in [3.63, 3.8) is 0 Å². The van der Waals surface area contributed by atoms with E-state index < -0.39 is 0 Å². The molecule has 0 fully saturated rings. The third-order valence-electron chi connectivity index (χ3n) is 2.24. The Morgan fingerprint density at radius 2 is 1.85 bits per heavy atom. The first kappa shape index (κ1) is 13.1. The maximum atomic E-state index is 5.61. The summed E-state index contributed by atoms with van der Waals surface area (Å²) < 4.78 is 10.3. The SMILES string of the molecule is COC(OC)[SiH2]CC(CN)CCN. The van der Waals surface area contributed by atoms with Crippen molar-refractivity contribution < 1.29 is 9.47 Å². The van der Waals surface area contributed by atoms with Crippen LogP contribution in [0.5, 0.6) is 0 Å². The summed E-state index contributed by atoms with van der Waals surface area (Å²) in [6.07, 6.45) is 1.02. The molecule has 80 valence electrons. The van der Waals surface area contributed by atoms with Gasteiger partial charge in [0.2, 0.25) is 0 Å². The zero-order valence-corrected chi connectivity index (χ0v) is 10.1. The van der Waals surface area contributed by atoms with Crippen LogP contribution in [-0.2, 0) is 9.47 Å². The quantitative estimate of drug-likeness (QED) is 0.398. The maximum absolute atomic E-state index is 5.61. The van der Waals surface area contributed by atoms with Gasteiger partial charge in [-0.05, 0) is 25.4 Å². The predicted octanol–water partition coefficient (Wildman–Crippen LogP) is -0.926. The van der Waals surface area contributed by atoms with Crippen molar-refractivity contribution in [2.75, 3.05) is 27.3 Å². The molecule has 13 heavy (non-hydrogen) atoms. The van der Waals surface area contributed by atoms with Gasteiger partial charge in [0.1, 0.15) is 5.91 Å². The number of nitrogens with two attached hydrogens (primary N) is 2. The highest BCUT2D eigenvalue weighted by Crippen LogP contribution is 2.07. The van der Waals surface area contributed by atoms with Crippen LogP contribution < -0.4 is 11.5 Å². The van der Waals surface area contributed by atoms with Crippen molar-refractivity contribution in [2.24, 2.45) is 17.4 Å². The molecule has 0 amide bonds. The average molecular weight is 206 g/mol. The van der Waals surface area contributed by atoms with Gasteiger partial charge in [-0.15, -0.1) is 0 Å². The Hall–Kier alpha value is 0.0569. The summed E-state index contributed by atoms with van der Waals surface area (Å²) in [4.78, 5) is 0. The van der Waals surface area contributed by atoms with Gasteiger partial charge in [0.05, 0.1) is 9.52 Å². The summed E-state index contributed by atoms with van der Waals surface area (Å²) in [5.74, 6) is 0.594. The van der Waals surface area contributed by atoms with Gasteiger partial charge in [0.15, 0.2) is 0 Å². The second-order valence-electron chi connectivity index (χ2n) is 3.16. The largest absolute Gasteiger partial charge is 0.360 e. The van der Waals surface area contributed by atoms with Crippen molar-refractivity contribution in [1.82, 2.24) is 0 Å². The molecular weight excluding hydrogens is 184 g/mol. The molecule has 0 aliphatic heterocycles. The summed E-state index contributed by atoms with van der Waals surface area (Å²) >= 11 is 0. The van der Waals surface area contributed by atoms with Crippen LogP contribution in [-0.4, -0.2) is 42.7 Å². The van der Waals surface area contributed by atoms with Gasteiger partial charge in [-0.25, -0.2) is 0 Å². The van der Waals surface area contributed by atoms with E-state index in [-0.39, 0.29) is 15.4 Å². The fraction of sp³-hybridized carbons (Fsp3) is 1.00. The Bertz CT molecular complexity index is 112. The number of hydrogen-bond donors (Lipinski definition) is 2. The molecule has 1 unspecified atom stereocenters. The van der Waals surface area contributed by atoms with Crippen molar-refractivity contribution in [1.29, 1.82) is 0 Å². The summed E-state index contributed by atoms with van der Waals surface area (Å²) in [6, 6.07) is 1.15. The van der Waals surface area contributed by atoms with E-state index in [9.17, 15) is 0 Å². The van der Waals surface area contributed by atoms with Crippen molar-refractivity contribution in [2.45, 2.75) is 18.4 Å². The van der Waals surface area contributed by atoms with Gasteiger partial charge < -0.3 is 20.9 Å². The van der Waals surface area contributed by atoms with Crippen molar-refractivity contribution in [3.05, 3.63) is 0 Å². The number of ether oxygens (including phenoxy) is 2. The normalized spacial score (nSPS) is 14.5. The third-order valence-corrected chi connectivity index (χ3v) is 4.53. The van der Waals surface area contributed by atoms with Crippen LogP contribution in [0.25, 0.3) is 0 Å². The van der Waals surface area contributed by atoms with Crippen LogP contribution in [0.15, 0.2) is 0 Å². The summed E-state index contributed by atoms with van der Waals surface area (Å²) in [6.45, 7) is 1.45. The summed E-state index contributed by atoms with van der Waals surface area (Å²) in [5.41, 5.74) is 11.1. The lowest BCUT2D eigenvalue weighted by molar-refractivity contribution is -0.0443. The van der Waals surface area contributed by atoms with Crippen LogP contribution in [0.3, 0.4) is 0 Å². The lowest BCUT2D eigenvalue weighted by Gasteiger charge is -2.17. The van der Waals surface area contributed by atoms with E-state index in [2.05, 4.69) is 0 Å². The lowest BCUT2D eigenvalue weighted by Crippen LogP contribution is -2.26. The summed E-state index contributed by atoms with van der Waals surface area (Å²) in [5, 5.41) is 0. The van der Waals surface area contributed by atoms with Gasteiger partial charge in [-0.3, -0.25) is 0 Å². The minimum Gasteiger partial charge on any atom is -0.360 e. The van der Waals surface area contributed by atoms with E-state index in [1.807, 2.05) is 0 Å². The highest BCUT2D eigenvalue weighted by Gasteiger charge is 2.11. The molecule has 0 heterocycles. The molecular formula is C8H22N2O2Si. The minimum absolute atomic E-state index is 0.0341. The smallest absolute Gasteiger partial charge is 0.134 e. The van der Waals surface area contributed by atoms with Crippen LogP contribution in [0.2, 0.25) is 6.04 Å². The molecule has 0 bridgehead atoms. The molecule has 0 rings (SSSR count). The predicted molar refractivity (Wildman–Crippen MR) is 57.4 cm³/mol. The molecule has 0 aliphatic carbocycles. The fourth-order valence-electron chi connectivity index (χ4n) is 1.32. The van der Waals surface area contributed by atoms with Crippen LogP contribution in [0.1, 0.15) is 6.42 Å². The molecule has 0 saturated heterocycles. The Balaban J connectivity index is 3.56. The second kappa shape index (κ2) is 8.65. The van der Waals surface area contributed by atoms with Crippen molar-refractivity contribution in [3.8, 4) is 0 Å². The molecule has 0 aromatic heterocycles. The molecule has 0 aliphatic rings. The van der Waals surface area contributed by atoms with E-state index in [1.165, 1.54) is 0 Å².